The van der Waals surface area contributed by atoms with Crippen LogP contribution in [0.3, 0.4) is 0 Å². The minimum absolute atomic E-state index is 0.0364. The summed E-state index contributed by atoms with van der Waals surface area (Å²) in [5.74, 6) is -0.970. The van der Waals surface area contributed by atoms with Crippen LogP contribution in [0.25, 0.3) is 10.2 Å². The highest BCUT2D eigenvalue weighted by Gasteiger charge is 2.22. The molecule has 128 valence electrons. The van der Waals surface area contributed by atoms with E-state index in [0.717, 1.165) is 22.2 Å². The van der Waals surface area contributed by atoms with Gasteiger partial charge in [0.05, 0.1) is 5.69 Å². The Morgan fingerprint density at radius 1 is 1.20 bits per heavy atom. The van der Waals surface area contributed by atoms with Crippen molar-refractivity contribution < 1.29 is 14.7 Å². The fourth-order valence-corrected chi connectivity index (χ4v) is 4.17. The summed E-state index contributed by atoms with van der Waals surface area (Å²) in [6.45, 7) is 3.77. The highest BCUT2D eigenvalue weighted by atomic mass is 32.1. The van der Waals surface area contributed by atoms with Gasteiger partial charge in [0.15, 0.2) is 0 Å². The molecule has 0 fully saturated rings. The largest absolute Gasteiger partial charge is 0.481 e. The van der Waals surface area contributed by atoms with Gasteiger partial charge in [0.25, 0.3) is 0 Å². The van der Waals surface area contributed by atoms with Gasteiger partial charge >= 0.3 is 5.97 Å². The van der Waals surface area contributed by atoms with Crippen LogP contribution >= 0.6 is 11.3 Å². The van der Waals surface area contributed by atoms with Crippen molar-refractivity contribution in [1.29, 1.82) is 0 Å². The third kappa shape index (κ3) is 3.13. The normalized spacial score (nSPS) is 11.0. The summed E-state index contributed by atoms with van der Waals surface area (Å²) in [6, 6.07) is 9.00. The third-order valence-corrected chi connectivity index (χ3v) is 5.39. The molecule has 0 bridgehead atoms. The Morgan fingerprint density at radius 2 is 1.88 bits per heavy atom. The first kappa shape index (κ1) is 17.1. The molecular weight excluding hydrogens is 336 g/mol. The van der Waals surface area contributed by atoms with Crippen LogP contribution in [-0.2, 0) is 11.2 Å². The molecule has 5 nitrogen and oxygen atoms in total. The third-order valence-electron chi connectivity index (χ3n) is 4.29. The lowest BCUT2D eigenvalue weighted by Crippen LogP contribution is -2.04. The number of carbonyl (C=O) groups is 2. The number of fused-ring (bicyclic) bond motifs is 1. The smallest absolute Gasteiger partial charge is 0.303 e. The number of ketones is 1. The Labute approximate surface area is 149 Å². The van der Waals surface area contributed by atoms with Crippen molar-refractivity contribution in [2.45, 2.75) is 26.7 Å². The zero-order chi connectivity index (χ0) is 18.1. The lowest BCUT2D eigenvalue weighted by molar-refractivity contribution is -0.136. The fourth-order valence-electron chi connectivity index (χ4n) is 3.00. The molecule has 0 aliphatic heterocycles. The zero-order valence-electron chi connectivity index (χ0n) is 14.0. The van der Waals surface area contributed by atoms with Crippen molar-refractivity contribution in [3.63, 3.8) is 0 Å². The molecule has 3 N–H and O–H groups in total. The van der Waals surface area contributed by atoms with E-state index in [1.165, 1.54) is 11.3 Å². The highest BCUT2D eigenvalue weighted by molar-refractivity contribution is 7.21. The van der Waals surface area contributed by atoms with Gasteiger partial charge in [-0.15, -0.1) is 11.3 Å². The molecule has 0 aliphatic carbocycles. The molecule has 3 rings (SSSR count). The van der Waals surface area contributed by atoms with Gasteiger partial charge in [0.2, 0.25) is 5.78 Å². The van der Waals surface area contributed by atoms with Crippen LogP contribution in [0.1, 0.15) is 38.5 Å². The average molecular weight is 354 g/mol. The van der Waals surface area contributed by atoms with Crippen molar-refractivity contribution in [1.82, 2.24) is 4.98 Å². The molecule has 25 heavy (non-hydrogen) atoms. The van der Waals surface area contributed by atoms with Crippen LogP contribution in [0.4, 0.5) is 5.69 Å². The Kier molecular flexibility index (Phi) is 4.55. The first-order valence-corrected chi connectivity index (χ1v) is 8.71. The van der Waals surface area contributed by atoms with E-state index in [-0.39, 0.29) is 12.2 Å². The van der Waals surface area contributed by atoms with Crippen LogP contribution < -0.4 is 5.73 Å². The maximum absolute atomic E-state index is 12.8. The molecular formula is C19H18N2O3S. The number of carboxylic acids is 1. The maximum Gasteiger partial charge on any atom is 0.303 e. The molecule has 0 spiro atoms. The predicted molar refractivity (Wildman–Crippen MR) is 99.3 cm³/mol. The number of hydrogen-bond donors (Lipinski definition) is 2. The lowest BCUT2D eigenvalue weighted by atomic mass is 9.99. The van der Waals surface area contributed by atoms with Crippen LogP contribution in [0.2, 0.25) is 0 Å². The van der Waals surface area contributed by atoms with Gasteiger partial charge in [-0.25, -0.2) is 4.98 Å². The van der Waals surface area contributed by atoms with E-state index in [9.17, 15) is 9.59 Å². The number of anilines is 1. The standard InChI is InChI=1S/C19H18N2O3S/c1-10-13(8-9-14(22)23)11(2)21-19-15(10)16(20)18(25-19)17(24)12-6-4-3-5-7-12/h3-7H,8-9,20H2,1-2H3,(H,22,23). The topological polar surface area (TPSA) is 93.3 Å². The second kappa shape index (κ2) is 6.64. The van der Waals surface area contributed by atoms with Crippen LogP contribution in [0.15, 0.2) is 30.3 Å². The van der Waals surface area contributed by atoms with E-state index in [4.69, 9.17) is 10.8 Å². The van der Waals surface area contributed by atoms with Gasteiger partial charge in [0.1, 0.15) is 9.71 Å². The number of nitrogen functional groups attached to an aromatic ring is 1. The number of carboxylic acid groups (broad SMARTS) is 1. The number of aliphatic carboxylic acids is 1. The molecule has 3 aromatic rings. The second-order valence-electron chi connectivity index (χ2n) is 5.91. The molecule has 2 aromatic heterocycles. The Balaban J connectivity index is 2.12. The van der Waals surface area contributed by atoms with Crippen LogP contribution in [0, 0.1) is 13.8 Å². The van der Waals surface area contributed by atoms with Gasteiger partial charge in [-0.1, -0.05) is 30.3 Å². The van der Waals surface area contributed by atoms with Crippen molar-refractivity contribution in [2.24, 2.45) is 0 Å². The monoisotopic (exact) mass is 354 g/mol. The van der Waals surface area contributed by atoms with Gasteiger partial charge in [0, 0.05) is 23.1 Å². The maximum atomic E-state index is 12.8. The number of nitrogens with two attached hydrogens (primary N) is 1. The summed E-state index contributed by atoms with van der Waals surface area (Å²) in [5.41, 5.74) is 9.87. The quantitative estimate of drug-likeness (QED) is 0.681. The Morgan fingerprint density at radius 3 is 2.52 bits per heavy atom. The molecule has 6 heteroatoms. The molecule has 0 radical (unpaired) electrons. The number of hydrogen-bond acceptors (Lipinski definition) is 5. The number of thiophene rings is 1. The van der Waals surface area contributed by atoms with E-state index in [1.54, 1.807) is 12.1 Å². The van der Waals surface area contributed by atoms with E-state index in [0.29, 0.717) is 27.4 Å². The van der Waals surface area contributed by atoms with E-state index in [2.05, 4.69) is 4.98 Å². The molecule has 0 unspecified atom stereocenters. The molecule has 0 aliphatic rings. The van der Waals surface area contributed by atoms with Gasteiger partial charge in [-0.05, 0) is 31.4 Å². The van der Waals surface area contributed by atoms with E-state index in [1.807, 2.05) is 32.0 Å². The lowest BCUT2D eigenvalue weighted by Gasteiger charge is -2.10. The summed E-state index contributed by atoms with van der Waals surface area (Å²) in [7, 11) is 0. The van der Waals surface area contributed by atoms with Gasteiger partial charge < -0.3 is 10.8 Å². The molecule has 0 saturated carbocycles. The number of benzene rings is 1. The first-order valence-electron chi connectivity index (χ1n) is 7.89. The number of pyridine rings is 1. The molecule has 0 amide bonds. The Hall–Kier alpha value is -2.73. The molecule has 0 saturated heterocycles. The highest BCUT2D eigenvalue weighted by Crippen LogP contribution is 2.38. The summed E-state index contributed by atoms with van der Waals surface area (Å²) >= 11 is 1.29. The number of rotatable bonds is 5. The van der Waals surface area contributed by atoms with Crippen LogP contribution in [0.5, 0.6) is 0 Å². The van der Waals surface area contributed by atoms with Crippen molar-refractivity contribution >= 4 is 39.0 Å². The minimum atomic E-state index is -0.850. The van der Waals surface area contributed by atoms with Crippen molar-refractivity contribution in [3.8, 4) is 0 Å². The van der Waals surface area contributed by atoms with Gasteiger partial charge in [-0.2, -0.15) is 0 Å². The number of carbonyl (C=O) groups excluding carboxylic acids is 1. The van der Waals surface area contributed by atoms with Crippen molar-refractivity contribution in [3.05, 3.63) is 57.6 Å². The first-order chi connectivity index (χ1) is 11.9. The van der Waals surface area contributed by atoms with Crippen molar-refractivity contribution in [2.75, 3.05) is 5.73 Å². The zero-order valence-corrected chi connectivity index (χ0v) is 14.8. The minimum Gasteiger partial charge on any atom is -0.481 e. The summed E-state index contributed by atoms with van der Waals surface area (Å²) in [6.07, 6.45) is 0.432. The van der Waals surface area contributed by atoms with E-state index >= 15 is 0 Å². The number of aryl methyl sites for hydroxylation is 2. The summed E-state index contributed by atoms with van der Waals surface area (Å²) < 4.78 is 0. The van der Waals surface area contributed by atoms with E-state index < -0.39 is 5.97 Å². The van der Waals surface area contributed by atoms with Gasteiger partial charge in [-0.3, -0.25) is 9.59 Å². The number of nitrogens with zero attached hydrogens (tertiary/aromatic N) is 1. The summed E-state index contributed by atoms with van der Waals surface area (Å²) in [4.78, 5) is 29.4. The fraction of sp³-hybridized carbons (Fsp3) is 0.211. The second-order valence-corrected chi connectivity index (χ2v) is 6.91. The molecule has 2 heterocycles. The molecule has 1 aromatic carbocycles. The van der Waals surface area contributed by atoms with Crippen LogP contribution in [-0.4, -0.2) is 21.8 Å². The SMILES string of the molecule is Cc1nc2sc(C(=O)c3ccccc3)c(N)c2c(C)c1CCC(=O)O. The Bertz CT molecular complexity index is 977. The summed E-state index contributed by atoms with van der Waals surface area (Å²) in [5, 5.41) is 9.70. The predicted octanol–water partition coefficient (Wildman–Crippen LogP) is 3.74. The molecule has 0 atom stereocenters. The average Bonchev–Trinajstić information content (AvgIpc) is 2.91. The number of aromatic nitrogens is 1.